The van der Waals surface area contributed by atoms with E-state index in [-0.39, 0.29) is 6.04 Å². The number of anilines is 1. The van der Waals surface area contributed by atoms with Crippen LogP contribution < -0.4 is 5.32 Å². The number of rotatable bonds is 6. The van der Waals surface area contributed by atoms with Crippen LogP contribution in [-0.2, 0) is 6.54 Å². The maximum Gasteiger partial charge on any atom is 0.126 e. The van der Waals surface area contributed by atoms with Gasteiger partial charge in [-0.2, -0.15) is 10.2 Å². The average molecular weight is 393 g/mol. The smallest absolute Gasteiger partial charge is 0.126 e. The molecule has 0 radical (unpaired) electrons. The van der Waals surface area contributed by atoms with Crippen LogP contribution in [-0.4, -0.2) is 20.0 Å². The molecule has 5 nitrogen and oxygen atoms in total. The molecule has 148 valence electrons. The van der Waals surface area contributed by atoms with E-state index in [1.165, 1.54) is 12.1 Å². The minimum Gasteiger partial charge on any atom is -0.378 e. The summed E-state index contributed by atoms with van der Waals surface area (Å²) in [6.45, 7) is 4.72. The normalized spacial score (nSPS) is 12.7. The zero-order valence-electron chi connectivity index (χ0n) is 16.2. The van der Waals surface area contributed by atoms with E-state index < -0.39 is 11.6 Å². The van der Waals surface area contributed by atoms with Gasteiger partial charge in [0.05, 0.1) is 17.4 Å². The number of nitrogens with zero attached hydrogens (tertiary/aromatic N) is 3. The maximum absolute atomic E-state index is 13.5. The molecule has 29 heavy (non-hydrogen) atoms. The zero-order chi connectivity index (χ0) is 20.4. The molecule has 2 heterocycles. The number of hydrogen-bond donors (Lipinski definition) is 2. The molecule has 2 aromatic carbocycles. The molecular weight excluding hydrogens is 372 g/mol. The van der Waals surface area contributed by atoms with Gasteiger partial charge >= 0.3 is 0 Å². The Hall–Kier alpha value is -3.48. The van der Waals surface area contributed by atoms with Gasteiger partial charge in [-0.25, -0.2) is 8.78 Å². The number of fused-ring (bicyclic) bond motifs is 1. The molecule has 0 unspecified atom stereocenters. The van der Waals surface area contributed by atoms with E-state index in [0.29, 0.717) is 5.56 Å². The summed E-state index contributed by atoms with van der Waals surface area (Å²) in [4.78, 5) is 0. The first-order chi connectivity index (χ1) is 14.0. The molecule has 0 aliphatic carbocycles. The van der Waals surface area contributed by atoms with Crippen LogP contribution in [0.25, 0.3) is 23.1 Å². The summed E-state index contributed by atoms with van der Waals surface area (Å²) in [6, 6.07) is 9.09. The molecule has 2 N–H and O–H groups in total. The molecular formula is C22H21F2N5. The lowest BCUT2D eigenvalue weighted by Gasteiger charge is -2.16. The van der Waals surface area contributed by atoms with E-state index in [0.717, 1.165) is 40.5 Å². The zero-order valence-corrected chi connectivity index (χ0v) is 16.2. The molecule has 0 saturated carbocycles. The number of benzene rings is 2. The highest BCUT2D eigenvalue weighted by molar-refractivity contribution is 5.91. The number of aromatic nitrogens is 4. The Morgan fingerprint density at radius 3 is 2.66 bits per heavy atom. The van der Waals surface area contributed by atoms with Gasteiger partial charge in [-0.1, -0.05) is 0 Å². The Labute approximate surface area is 167 Å². The Morgan fingerprint density at radius 1 is 1.14 bits per heavy atom. The van der Waals surface area contributed by atoms with E-state index in [1.54, 1.807) is 0 Å². The third-order valence-electron chi connectivity index (χ3n) is 4.77. The molecule has 0 aliphatic heterocycles. The van der Waals surface area contributed by atoms with E-state index in [2.05, 4.69) is 20.6 Å². The van der Waals surface area contributed by atoms with E-state index in [1.807, 2.05) is 61.3 Å². The molecule has 2 aromatic heterocycles. The fraction of sp³-hybridized carbons (Fsp3) is 0.182. The van der Waals surface area contributed by atoms with Gasteiger partial charge in [0, 0.05) is 41.5 Å². The molecule has 1 atom stereocenters. The first-order valence-electron chi connectivity index (χ1n) is 9.43. The number of nitrogens with one attached hydrogen (secondary N) is 2. The molecule has 0 fully saturated rings. The molecule has 4 rings (SSSR count). The van der Waals surface area contributed by atoms with Gasteiger partial charge in [0.15, 0.2) is 0 Å². The summed E-state index contributed by atoms with van der Waals surface area (Å²) in [6.07, 6.45) is 7.68. The van der Waals surface area contributed by atoms with Crippen molar-refractivity contribution in [2.45, 2.75) is 26.4 Å². The van der Waals surface area contributed by atoms with Gasteiger partial charge in [-0.15, -0.1) is 0 Å². The van der Waals surface area contributed by atoms with Crippen molar-refractivity contribution >= 4 is 28.7 Å². The molecule has 0 spiro atoms. The fourth-order valence-electron chi connectivity index (χ4n) is 3.22. The van der Waals surface area contributed by atoms with Crippen molar-refractivity contribution in [1.29, 1.82) is 0 Å². The largest absolute Gasteiger partial charge is 0.378 e. The predicted octanol–water partition coefficient (Wildman–Crippen LogP) is 5.40. The Morgan fingerprint density at radius 2 is 1.93 bits per heavy atom. The second-order valence-electron chi connectivity index (χ2n) is 6.90. The van der Waals surface area contributed by atoms with Gasteiger partial charge in [0.1, 0.15) is 11.6 Å². The van der Waals surface area contributed by atoms with Gasteiger partial charge in [0.25, 0.3) is 0 Å². The summed E-state index contributed by atoms with van der Waals surface area (Å²) >= 11 is 0. The van der Waals surface area contributed by atoms with Crippen LogP contribution in [0.4, 0.5) is 14.5 Å². The van der Waals surface area contributed by atoms with Crippen molar-refractivity contribution < 1.29 is 8.78 Å². The maximum atomic E-state index is 13.5. The molecule has 0 saturated heterocycles. The predicted molar refractivity (Wildman–Crippen MR) is 111 cm³/mol. The molecule has 4 aromatic rings. The Balaban J connectivity index is 1.57. The third-order valence-corrected chi connectivity index (χ3v) is 4.77. The van der Waals surface area contributed by atoms with Crippen LogP contribution >= 0.6 is 0 Å². The standard InChI is InChI=1S/C22H21F2N5/c1-3-29-13-15(12-25-29)4-6-21-20-11-19(5-7-22(20)28-27-21)26-14(2)16-8-17(23)10-18(24)9-16/h4-14,26H,3H2,1-2H3,(H,27,28)/b6-4+/t14-/m1/s1. The number of halogens is 2. The van der Waals surface area contributed by atoms with Crippen molar-refractivity contribution in [3.05, 3.63) is 77.2 Å². The number of aryl methyl sites for hydroxylation is 1. The monoisotopic (exact) mass is 393 g/mol. The van der Waals surface area contributed by atoms with Crippen LogP contribution in [0.5, 0.6) is 0 Å². The van der Waals surface area contributed by atoms with Crippen LogP contribution in [0.15, 0.2) is 48.8 Å². The summed E-state index contributed by atoms with van der Waals surface area (Å²) in [5.74, 6) is -1.17. The minimum atomic E-state index is -0.585. The van der Waals surface area contributed by atoms with E-state index in [4.69, 9.17) is 0 Å². The summed E-state index contributed by atoms with van der Waals surface area (Å²) in [5, 5.41) is 15.9. The van der Waals surface area contributed by atoms with E-state index in [9.17, 15) is 8.78 Å². The average Bonchev–Trinajstić information content (AvgIpc) is 3.32. The highest BCUT2D eigenvalue weighted by Gasteiger charge is 2.10. The third kappa shape index (κ3) is 4.18. The van der Waals surface area contributed by atoms with Crippen molar-refractivity contribution in [3.63, 3.8) is 0 Å². The minimum absolute atomic E-state index is 0.261. The highest BCUT2D eigenvalue weighted by Crippen LogP contribution is 2.26. The number of aromatic amines is 1. The lowest BCUT2D eigenvalue weighted by molar-refractivity contribution is 0.577. The first kappa shape index (κ1) is 18.9. The van der Waals surface area contributed by atoms with Gasteiger partial charge in [0.2, 0.25) is 0 Å². The first-order valence-corrected chi connectivity index (χ1v) is 9.43. The van der Waals surface area contributed by atoms with Crippen LogP contribution in [0, 0.1) is 11.6 Å². The van der Waals surface area contributed by atoms with Crippen molar-refractivity contribution in [2.24, 2.45) is 0 Å². The Bertz CT molecular complexity index is 1150. The van der Waals surface area contributed by atoms with E-state index >= 15 is 0 Å². The van der Waals surface area contributed by atoms with Crippen molar-refractivity contribution in [3.8, 4) is 0 Å². The second-order valence-corrected chi connectivity index (χ2v) is 6.90. The van der Waals surface area contributed by atoms with Gasteiger partial charge in [-0.3, -0.25) is 9.78 Å². The molecule has 0 amide bonds. The number of hydrogen-bond acceptors (Lipinski definition) is 3. The molecule has 7 heteroatoms. The highest BCUT2D eigenvalue weighted by atomic mass is 19.1. The van der Waals surface area contributed by atoms with Crippen molar-refractivity contribution in [1.82, 2.24) is 20.0 Å². The summed E-state index contributed by atoms with van der Waals surface area (Å²) in [7, 11) is 0. The quantitative estimate of drug-likeness (QED) is 0.461. The SMILES string of the molecule is CCn1cc(/C=C/c2n[nH]c3ccc(N[C@H](C)c4cc(F)cc(F)c4)cc23)cn1. The topological polar surface area (TPSA) is 58.5 Å². The fourth-order valence-corrected chi connectivity index (χ4v) is 3.22. The number of H-pyrrole nitrogens is 1. The lowest BCUT2D eigenvalue weighted by Crippen LogP contribution is -2.07. The van der Waals surface area contributed by atoms with Crippen LogP contribution in [0.3, 0.4) is 0 Å². The Kier molecular flexibility index (Phi) is 5.12. The molecule has 0 aliphatic rings. The van der Waals surface area contributed by atoms with Gasteiger partial charge in [-0.05, 0) is 61.9 Å². The van der Waals surface area contributed by atoms with Gasteiger partial charge < -0.3 is 5.32 Å². The van der Waals surface area contributed by atoms with Crippen LogP contribution in [0.1, 0.15) is 36.7 Å². The summed E-state index contributed by atoms with van der Waals surface area (Å²) < 4.78 is 28.9. The summed E-state index contributed by atoms with van der Waals surface area (Å²) in [5.41, 5.74) is 4.09. The second kappa shape index (κ2) is 7.87. The molecule has 0 bridgehead atoms. The lowest BCUT2D eigenvalue weighted by atomic mass is 10.1. The van der Waals surface area contributed by atoms with Crippen molar-refractivity contribution in [2.75, 3.05) is 5.32 Å². The van der Waals surface area contributed by atoms with Crippen LogP contribution in [0.2, 0.25) is 0 Å².